The largest absolute Gasteiger partial charge is 0.272 e. The molecule has 9 heteroatoms. The van der Waals surface area contributed by atoms with E-state index in [0.29, 0.717) is 34.2 Å². The van der Waals surface area contributed by atoms with Crippen molar-refractivity contribution in [2.45, 2.75) is 62.3 Å². The topological polar surface area (TPSA) is 98.0 Å². The Morgan fingerprint density at radius 1 is 0.489 bits per heavy atom. The summed E-state index contributed by atoms with van der Waals surface area (Å²) in [5, 5.41) is 18.3. The Hall–Kier alpha value is -4.92. The predicted octanol–water partition coefficient (Wildman–Crippen LogP) is 6.32. The van der Waals surface area contributed by atoms with Crippen LogP contribution in [0.4, 0.5) is 17.1 Å². The Bertz CT molecular complexity index is 1810. The number of hydrogen-bond acceptors (Lipinski definition) is 6. The highest BCUT2D eigenvalue weighted by Crippen LogP contribution is 2.51. The Balaban J connectivity index is 1.51. The summed E-state index contributed by atoms with van der Waals surface area (Å²) < 4.78 is 0. The highest BCUT2D eigenvalue weighted by molar-refractivity contribution is 6.33. The minimum absolute atomic E-state index is 0.371. The van der Waals surface area contributed by atoms with Gasteiger partial charge in [-0.1, -0.05) is 18.2 Å². The molecule has 0 saturated carbocycles. The minimum Gasteiger partial charge on any atom is -0.272 e. The zero-order valence-electron chi connectivity index (χ0n) is 27.3. The lowest BCUT2D eigenvalue weighted by atomic mass is 9.60. The number of hydrazone groups is 3. The molecular formula is C36H38N6O3. The van der Waals surface area contributed by atoms with Gasteiger partial charge in [-0.05, 0) is 132 Å². The maximum absolute atomic E-state index is 15.0. The third-order valence-corrected chi connectivity index (χ3v) is 9.77. The normalized spacial score (nSPS) is 23.3. The first kappa shape index (κ1) is 30.1. The van der Waals surface area contributed by atoms with Gasteiger partial charge in [-0.2, -0.15) is 20.3 Å². The fourth-order valence-corrected chi connectivity index (χ4v) is 6.74. The molecule has 9 nitrogen and oxygen atoms in total. The van der Waals surface area contributed by atoms with Crippen LogP contribution < -0.4 is 15.0 Å². The van der Waals surface area contributed by atoms with Crippen LogP contribution in [0.2, 0.25) is 0 Å². The summed E-state index contributed by atoms with van der Waals surface area (Å²) in [6, 6.07) is 17.1. The van der Waals surface area contributed by atoms with Crippen LogP contribution in [0.5, 0.6) is 0 Å². The first-order valence-corrected chi connectivity index (χ1v) is 15.2. The van der Waals surface area contributed by atoms with Gasteiger partial charge in [0.2, 0.25) is 0 Å². The molecule has 0 aromatic heterocycles. The molecule has 3 heterocycles. The molecule has 0 radical (unpaired) electrons. The van der Waals surface area contributed by atoms with Crippen LogP contribution >= 0.6 is 0 Å². The third-order valence-electron chi connectivity index (χ3n) is 9.77. The zero-order valence-corrected chi connectivity index (χ0v) is 27.3. The van der Waals surface area contributed by atoms with Crippen LogP contribution in [0.1, 0.15) is 54.2 Å². The monoisotopic (exact) mass is 602 g/mol. The third kappa shape index (κ3) is 4.43. The number of rotatable bonds is 5. The highest BCUT2D eigenvalue weighted by Gasteiger charge is 2.68. The smallest absolute Gasteiger partial charge is 0.261 e. The van der Waals surface area contributed by atoms with Gasteiger partial charge in [-0.15, -0.1) is 0 Å². The molecule has 0 N–H and O–H groups in total. The Morgan fingerprint density at radius 3 is 1.20 bits per heavy atom. The van der Waals surface area contributed by atoms with E-state index in [9.17, 15) is 9.59 Å². The fourth-order valence-electron chi connectivity index (χ4n) is 6.74. The van der Waals surface area contributed by atoms with Crippen LogP contribution in [0, 0.1) is 58.8 Å². The van der Waals surface area contributed by atoms with Gasteiger partial charge in [-0.25, -0.2) is 10.0 Å². The van der Waals surface area contributed by atoms with Gasteiger partial charge in [-0.3, -0.25) is 14.4 Å². The molecule has 3 aromatic carbocycles. The van der Waals surface area contributed by atoms with Crippen molar-refractivity contribution in [2.75, 3.05) is 15.0 Å². The zero-order chi connectivity index (χ0) is 32.5. The van der Waals surface area contributed by atoms with Gasteiger partial charge in [0.15, 0.2) is 0 Å². The van der Waals surface area contributed by atoms with E-state index in [2.05, 4.69) is 0 Å². The summed E-state index contributed by atoms with van der Waals surface area (Å²) in [5.74, 6) is -3.37. The van der Waals surface area contributed by atoms with E-state index in [1.54, 1.807) is 20.8 Å². The first-order chi connectivity index (χ1) is 21.3. The summed E-state index contributed by atoms with van der Waals surface area (Å²) in [7, 11) is 0. The molecule has 3 amide bonds. The van der Waals surface area contributed by atoms with Crippen LogP contribution in [0.25, 0.3) is 0 Å². The molecule has 3 aromatic rings. The molecule has 230 valence electrons. The molecular weight excluding hydrogens is 564 g/mol. The van der Waals surface area contributed by atoms with Gasteiger partial charge in [0.1, 0.15) is 17.3 Å². The molecule has 45 heavy (non-hydrogen) atoms. The molecule has 2 unspecified atom stereocenters. The number of amides is 3. The minimum atomic E-state index is -1.68. The SMILES string of the molecule is CC1=NN(c2ccc(C)c(C)c2)C(=O)C1C1(C2C(=O)N(c3ccc(C)c(C)c3)N=C2C)C(=O)N(c2ccc(C)c(C)c2)N=C1C. The maximum atomic E-state index is 15.0. The van der Waals surface area contributed by atoms with E-state index in [0.717, 1.165) is 33.4 Å². The van der Waals surface area contributed by atoms with Crippen molar-refractivity contribution in [3.63, 3.8) is 0 Å². The first-order valence-electron chi connectivity index (χ1n) is 15.2. The molecule has 0 fully saturated rings. The van der Waals surface area contributed by atoms with Crippen LogP contribution in [-0.4, -0.2) is 34.9 Å². The van der Waals surface area contributed by atoms with E-state index in [4.69, 9.17) is 15.3 Å². The second kappa shape index (κ2) is 10.6. The quantitative estimate of drug-likeness (QED) is 0.342. The average Bonchev–Trinajstić information content (AvgIpc) is 3.56. The van der Waals surface area contributed by atoms with Crippen molar-refractivity contribution in [2.24, 2.45) is 32.6 Å². The number of hydrogen-bond donors (Lipinski definition) is 0. The van der Waals surface area contributed by atoms with E-state index in [1.165, 1.54) is 15.0 Å². The average molecular weight is 603 g/mol. The lowest BCUT2D eigenvalue weighted by Crippen LogP contribution is -2.58. The van der Waals surface area contributed by atoms with Gasteiger partial charge in [0.25, 0.3) is 17.7 Å². The summed E-state index contributed by atoms with van der Waals surface area (Å²) in [6.07, 6.45) is 0. The lowest BCUT2D eigenvalue weighted by molar-refractivity contribution is -0.136. The molecule has 0 spiro atoms. The number of anilines is 3. The number of carbonyl (C=O) groups excluding carboxylic acids is 3. The molecule has 0 aliphatic carbocycles. The fraction of sp³-hybridized carbons (Fsp3) is 0.333. The van der Waals surface area contributed by atoms with Crippen molar-refractivity contribution in [1.29, 1.82) is 0 Å². The van der Waals surface area contributed by atoms with E-state index >= 15 is 4.79 Å². The Kier molecular flexibility index (Phi) is 7.10. The molecule has 2 atom stereocenters. The number of nitrogens with zero attached hydrogens (tertiary/aromatic N) is 6. The van der Waals surface area contributed by atoms with Crippen molar-refractivity contribution in [3.05, 3.63) is 88.0 Å². The summed E-state index contributed by atoms with van der Waals surface area (Å²) in [6.45, 7) is 17.2. The van der Waals surface area contributed by atoms with Crippen molar-refractivity contribution in [3.8, 4) is 0 Å². The van der Waals surface area contributed by atoms with Crippen molar-refractivity contribution < 1.29 is 14.4 Å². The number of aryl methyl sites for hydroxylation is 6. The van der Waals surface area contributed by atoms with Gasteiger partial charge in [0.05, 0.1) is 22.8 Å². The highest BCUT2D eigenvalue weighted by atomic mass is 16.2. The van der Waals surface area contributed by atoms with Crippen molar-refractivity contribution >= 4 is 51.9 Å². The van der Waals surface area contributed by atoms with Gasteiger partial charge < -0.3 is 0 Å². The predicted molar refractivity (Wildman–Crippen MR) is 179 cm³/mol. The molecule has 6 rings (SSSR count). The Morgan fingerprint density at radius 2 is 0.844 bits per heavy atom. The Labute approximate surface area is 263 Å². The number of carbonyl (C=O) groups is 3. The summed E-state index contributed by atoms with van der Waals surface area (Å²) in [4.78, 5) is 44.2. The summed E-state index contributed by atoms with van der Waals surface area (Å²) in [5.41, 5.74) is 7.62. The summed E-state index contributed by atoms with van der Waals surface area (Å²) >= 11 is 0. The number of benzene rings is 3. The van der Waals surface area contributed by atoms with Crippen LogP contribution in [0.15, 0.2) is 69.9 Å². The molecule has 3 aliphatic heterocycles. The van der Waals surface area contributed by atoms with Crippen LogP contribution in [0.3, 0.4) is 0 Å². The molecule has 0 saturated heterocycles. The molecule has 0 bridgehead atoms. The second-order valence-corrected chi connectivity index (χ2v) is 12.6. The van der Waals surface area contributed by atoms with Gasteiger partial charge in [0, 0.05) is 11.4 Å². The van der Waals surface area contributed by atoms with E-state index in [1.807, 2.05) is 96.1 Å². The van der Waals surface area contributed by atoms with Crippen LogP contribution in [-0.2, 0) is 14.4 Å². The molecule has 3 aliphatic rings. The van der Waals surface area contributed by atoms with E-state index in [-0.39, 0.29) is 11.8 Å². The maximum Gasteiger partial charge on any atom is 0.261 e. The second-order valence-electron chi connectivity index (χ2n) is 12.6. The van der Waals surface area contributed by atoms with Crippen molar-refractivity contribution in [1.82, 2.24) is 0 Å². The van der Waals surface area contributed by atoms with E-state index < -0.39 is 23.2 Å². The van der Waals surface area contributed by atoms with Gasteiger partial charge >= 0.3 is 0 Å². The standard InChI is InChI=1S/C36H38N6O3/c1-19-10-13-28(16-22(19)4)40-33(43)31(25(7)37-40)36(27(9)39-42(35(36)45)30-15-12-21(3)24(6)18-30)32-26(8)38-41(34(32)44)29-14-11-20(2)23(5)17-29/h10-18,31-32H,1-9H3. The lowest BCUT2D eigenvalue weighted by Gasteiger charge is -2.37.